The molecule has 1 atom stereocenters. The molecular formula is C13H17ClN2O4S. The Balaban J connectivity index is 2.38. The van der Waals surface area contributed by atoms with E-state index in [9.17, 15) is 13.2 Å². The zero-order valence-corrected chi connectivity index (χ0v) is 13.2. The van der Waals surface area contributed by atoms with Gasteiger partial charge in [0.25, 0.3) is 0 Å². The van der Waals surface area contributed by atoms with Gasteiger partial charge in [-0.2, -0.15) is 4.31 Å². The zero-order valence-electron chi connectivity index (χ0n) is 11.6. The predicted octanol–water partition coefficient (Wildman–Crippen LogP) is 1.64. The van der Waals surface area contributed by atoms with E-state index in [-0.39, 0.29) is 28.8 Å². The average Bonchev–Trinajstić information content (AvgIpc) is 2.92. The lowest BCUT2D eigenvalue weighted by Crippen LogP contribution is -2.41. The van der Waals surface area contributed by atoms with Crippen LogP contribution in [0.3, 0.4) is 0 Å². The molecule has 1 aliphatic heterocycles. The summed E-state index contributed by atoms with van der Waals surface area (Å²) in [6, 6.07) is 3.45. The van der Waals surface area contributed by atoms with E-state index in [1.807, 2.05) is 0 Å². The van der Waals surface area contributed by atoms with Crippen LogP contribution in [0.15, 0.2) is 23.1 Å². The van der Waals surface area contributed by atoms with Gasteiger partial charge in [-0.15, -0.1) is 0 Å². The lowest BCUT2D eigenvalue weighted by molar-refractivity contribution is -0.146. The van der Waals surface area contributed by atoms with Crippen LogP contribution in [0.4, 0.5) is 5.69 Å². The average molecular weight is 333 g/mol. The Morgan fingerprint density at radius 2 is 2.24 bits per heavy atom. The molecule has 0 saturated carbocycles. The maximum absolute atomic E-state index is 12.7. The third-order valence-electron chi connectivity index (χ3n) is 3.32. The minimum absolute atomic E-state index is 0.0776. The second-order valence-corrected chi connectivity index (χ2v) is 7.00. The molecule has 2 N–H and O–H groups in total. The number of benzene rings is 1. The van der Waals surface area contributed by atoms with Crippen LogP contribution in [0.25, 0.3) is 0 Å². The van der Waals surface area contributed by atoms with Gasteiger partial charge in [-0.25, -0.2) is 8.42 Å². The van der Waals surface area contributed by atoms with Crippen LogP contribution in [-0.2, 0) is 19.6 Å². The number of nitrogens with zero attached hydrogens (tertiary/aromatic N) is 1. The highest BCUT2D eigenvalue weighted by Crippen LogP contribution is 2.31. The Labute approximate surface area is 128 Å². The van der Waals surface area contributed by atoms with Crippen molar-refractivity contribution in [2.24, 2.45) is 0 Å². The SMILES string of the molecule is CCOC(=O)C1CCCN1S(=O)(=O)c1cc(Cl)ccc1N. The first kappa shape index (κ1) is 16.1. The summed E-state index contributed by atoms with van der Waals surface area (Å²) in [6.45, 7) is 2.15. The number of hydrogen-bond acceptors (Lipinski definition) is 5. The molecule has 0 bridgehead atoms. The Kier molecular flexibility index (Phi) is 4.75. The zero-order chi connectivity index (χ0) is 15.6. The molecule has 1 aromatic carbocycles. The lowest BCUT2D eigenvalue weighted by Gasteiger charge is -2.23. The first-order valence-corrected chi connectivity index (χ1v) is 8.43. The molecule has 6 nitrogen and oxygen atoms in total. The quantitative estimate of drug-likeness (QED) is 0.668. The van der Waals surface area contributed by atoms with Crippen molar-refractivity contribution in [1.29, 1.82) is 0 Å². The van der Waals surface area contributed by atoms with Crippen LogP contribution < -0.4 is 5.73 Å². The molecule has 1 fully saturated rings. The van der Waals surface area contributed by atoms with Crippen LogP contribution in [0.5, 0.6) is 0 Å². The van der Waals surface area contributed by atoms with Gasteiger partial charge < -0.3 is 10.5 Å². The van der Waals surface area contributed by atoms with E-state index in [1.165, 1.54) is 18.2 Å². The van der Waals surface area contributed by atoms with Crippen molar-refractivity contribution in [2.45, 2.75) is 30.7 Å². The number of ether oxygens (including phenoxy) is 1. The summed E-state index contributed by atoms with van der Waals surface area (Å²) in [5.41, 5.74) is 5.85. The Morgan fingerprint density at radius 3 is 2.90 bits per heavy atom. The highest BCUT2D eigenvalue weighted by Gasteiger charge is 2.41. The highest BCUT2D eigenvalue weighted by atomic mass is 35.5. The normalized spacial score (nSPS) is 19.6. The number of nitrogens with two attached hydrogens (primary N) is 1. The number of carbonyl (C=O) groups is 1. The fourth-order valence-electron chi connectivity index (χ4n) is 2.36. The van der Waals surface area contributed by atoms with Crippen LogP contribution in [0.2, 0.25) is 5.02 Å². The van der Waals surface area contributed by atoms with E-state index >= 15 is 0 Å². The summed E-state index contributed by atoms with van der Waals surface area (Å²) < 4.78 is 31.5. The Morgan fingerprint density at radius 1 is 1.52 bits per heavy atom. The number of hydrogen-bond donors (Lipinski definition) is 1. The molecule has 21 heavy (non-hydrogen) atoms. The first-order valence-electron chi connectivity index (χ1n) is 6.61. The fourth-order valence-corrected chi connectivity index (χ4v) is 4.39. The summed E-state index contributed by atoms with van der Waals surface area (Å²) in [7, 11) is -3.88. The number of nitrogen functional groups attached to an aromatic ring is 1. The molecular weight excluding hydrogens is 316 g/mol. The minimum Gasteiger partial charge on any atom is -0.465 e. The van der Waals surface area contributed by atoms with Gasteiger partial charge in [-0.05, 0) is 38.0 Å². The van der Waals surface area contributed by atoms with E-state index in [1.54, 1.807) is 6.92 Å². The van der Waals surface area contributed by atoms with Gasteiger partial charge in [-0.1, -0.05) is 11.6 Å². The topological polar surface area (TPSA) is 89.7 Å². The Bertz CT molecular complexity index is 648. The smallest absolute Gasteiger partial charge is 0.324 e. The number of carbonyl (C=O) groups excluding carboxylic acids is 1. The van der Waals surface area contributed by atoms with Crippen LogP contribution in [0.1, 0.15) is 19.8 Å². The van der Waals surface area contributed by atoms with Gasteiger partial charge in [-0.3, -0.25) is 4.79 Å². The molecule has 1 heterocycles. The Hall–Kier alpha value is -1.31. The minimum atomic E-state index is -3.88. The number of halogens is 1. The molecule has 0 spiro atoms. The molecule has 1 unspecified atom stereocenters. The number of anilines is 1. The van der Waals surface area contributed by atoms with Crippen molar-refractivity contribution in [1.82, 2.24) is 4.31 Å². The van der Waals surface area contributed by atoms with Crippen LogP contribution in [0, 0.1) is 0 Å². The van der Waals surface area contributed by atoms with Gasteiger partial charge in [0.2, 0.25) is 10.0 Å². The van der Waals surface area contributed by atoms with Crippen molar-refractivity contribution in [3.63, 3.8) is 0 Å². The predicted molar refractivity (Wildman–Crippen MR) is 79.4 cm³/mol. The van der Waals surface area contributed by atoms with E-state index in [0.717, 1.165) is 4.31 Å². The number of rotatable bonds is 4. The van der Waals surface area contributed by atoms with Crippen molar-refractivity contribution in [3.8, 4) is 0 Å². The maximum atomic E-state index is 12.7. The molecule has 2 rings (SSSR count). The first-order chi connectivity index (χ1) is 9.87. The summed E-state index contributed by atoms with van der Waals surface area (Å²) in [5.74, 6) is -0.529. The maximum Gasteiger partial charge on any atom is 0.324 e. The number of esters is 1. The van der Waals surface area contributed by atoms with E-state index in [4.69, 9.17) is 22.1 Å². The summed E-state index contributed by atoms with van der Waals surface area (Å²) in [5, 5.41) is 0.273. The van der Waals surface area contributed by atoms with Gasteiger partial charge in [0, 0.05) is 11.6 Å². The third kappa shape index (κ3) is 3.14. The lowest BCUT2D eigenvalue weighted by atomic mass is 10.2. The van der Waals surface area contributed by atoms with E-state index in [2.05, 4.69) is 0 Å². The second-order valence-electron chi connectivity index (χ2n) is 4.71. The monoisotopic (exact) mass is 332 g/mol. The summed E-state index contributed by atoms with van der Waals surface area (Å²) >= 11 is 5.85. The molecule has 116 valence electrons. The van der Waals surface area contributed by atoms with Crippen molar-refractivity contribution in [3.05, 3.63) is 23.2 Å². The molecule has 0 aliphatic carbocycles. The molecule has 1 saturated heterocycles. The van der Waals surface area contributed by atoms with E-state index < -0.39 is 22.0 Å². The van der Waals surface area contributed by atoms with Crippen molar-refractivity contribution in [2.75, 3.05) is 18.9 Å². The third-order valence-corrected chi connectivity index (χ3v) is 5.52. The molecule has 0 aromatic heterocycles. The van der Waals surface area contributed by atoms with Crippen molar-refractivity contribution < 1.29 is 17.9 Å². The molecule has 0 amide bonds. The standard InChI is InChI=1S/C13H17ClN2O4S/c1-2-20-13(17)11-4-3-7-16(11)21(18,19)12-8-9(14)5-6-10(12)15/h5-6,8,11H,2-4,7,15H2,1H3. The van der Waals surface area contributed by atoms with Gasteiger partial charge >= 0.3 is 5.97 Å². The van der Waals surface area contributed by atoms with Crippen molar-refractivity contribution >= 4 is 33.3 Å². The second kappa shape index (κ2) is 6.21. The highest BCUT2D eigenvalue weighted by molar-refractivity contribution is 7.89. The van der Waals surface area contributed by atoms with Gasteiger partial charge in [0.15, 0.2) is 0 Å². The van der Waals surface area contributed by atoms with Gasteiger partial charge in [0.1, 0.15) is 10.9 Å². The molecule has 8 heteroatoms. The fraction of sp³-hybridized carbons (Fsp3) is 0.462. The summed E-state index contributed by atoms with van der Waals surface area (Å²) in [4.78, 5) is 11.8. The van der Waals surface area contributed by atoms with Gasteiger partial charge in [0.05, 0.1) is 12.3 Å². The van der Waals surface area contributed by atoms with Crippen LogP contribution >= 0.6 is 11.6 Å². The largest absolute Gasteiger partial charge is 0.465 e. The molecule has 1 aromatic rings. The number of sulfonamides is 1. The molecule has 0 radical (unpaired) electrons. The van der Waals surface area contributed by atoms with E-state index in [0.29, 0.717) is 12.8 Å². The summed E-state index contributed by atoms with van der Waals surface area (Å²) in [6.07, 6.45) is 1.04. The molecule has 1 aliphatic rings. The van der Waals surface area contributed by atoms with Crippen LogP contribution in [-0.4, -0.2) is 37.9 Å².